The van der Waals surface area contributed by atoms with E-state index < -0.39 is 65.1 Å². The molecule has 0 aromatic carbocycles. The number of rotatable bonds is 47. The lowest BCUT2D eigenvalue weighted by Gasteiger charge is -2.25. The van der Waals surface area contributed by atoms with E-state index in [-0.39, 0.29) is 65.3 Å². The largest absolute Gasteiger partial charge is 0.314 e. The van der Waals surface area contributed by atoms with Crippen LogP contribution in [0.25, 0.3) is 0 Å². The van der Waals surface area contributed by atoms with Crippen LogP contribution in [0.3, 0.4) is 0 Å². The highest BCUT2D eigenvalue weighted by molar-refractivity contribution is 7.12. The first-order valence-electron chi connectivity index (χ1n) is 37.1. The van der Waals surface area contributed by atoms with E-state index in [0.717, 1.165) is 91.2 Å². The zero-order valence-electron chi connectivity index (χ0n) is 69.2. The summed E-state index contributed by atoms with van der Waals surface area (Å²) in [7, 11) is 0. The molecule has 0 fully saturated rings. The summed E-state index contributed by atoms with van der Waals surface area (Å²) in [5.74, 6) is 0. The molecule has 0 bridgehead atoms. The third-order valence-electron chi connectivity index (χ3n) is 14.2. The van der Waals surface area contributed by atoms with Gasteiger partial charge in [0.2, 0.25) is 0 Å². The molecule has 0 aliphatic carbocycles. The highest BCUT2D eigenvalue weighted by atomic mass is 32.1. The van der Waals surface area contributed by atoms with Gasteiger partial charge in [-0.05, 0) is 75.3 Å². The van der Waals surface area contributed by atoms with Crippen molar-refractivity contribution in [2.75, 3.05) is 13.2 Å². The van der Waals surface area contributed by atoms with Crippen molar-refractivity contribution >= 4 is 113 Å². The number of aromatic nitrogens is 8. The van der Waals surface area contributed by atoms with Crippen LogP contribution in [0.1, 0.15) is 236 Å². The van der Waals surface area contributed by atoms with Gasteiger partial charge in [0, 0.05) is 134 Å². The van der Waals surface area contributed by atoms with Crippen molar-refractivity contribution in [2.24, 2.45) is 16.1 Å². The van der Waals surface area contributed by atoms with Gasteiger partial charge < -0.3 is 38.7 Å². The molecule has 58 heteroatoms. The molecule has 10 aromatic heterocycles. The predicted octanol–water partition coefficient (Wildman–Crippen LogP) is 21.6. The Balaban J connectivity index is -0.00000137. The Morgan fingerprint density at radius 3 is 1.09 bits per heavy atom. The standard InChI is InChI=1S/3C9H14N2O3S.C8H12N2O3S.C6H8N2O3S.2C6H7NO3S.3C5H6N2O3S.3CH4/c2*1-2-3-4-8(14-11(12)13)7-9-10-5-6-15-9;1-2-3-4-5-8(13-14-11-12)9-10-6-7-15-9;1-8(2,3)6(12-13-10-11)7-9-4-5-14-7;1-5(11-8(9)10)4-6-7-2-3-12-6;1-5(10-7(8)9)6-3-2-4-11-6;8-7(9)10-4-3-6-2-1-5-11-6;2*1-4(10-7(8)9)5-6-2-3-11-5;8-7(9)10-3-1-5-6-2-4-11-5;;;/h2*5-6,8H,2-4,7H2,1H3;6-8H,2-5H2,1H3;4-6H,1-3H3;2-3,5H,4H2,1H3;2-5H,1H3;1-2,5H,3-4H2;2*2-4H,1H3;2,4H,1,3H2;3*1H4. The summed E-state index contributed by atoms with van der Waals surface area (Å²) < 4.78 is 0. The van der Waals surface area contributed by atoms with Crippen molar-refractivity contribution in [3.8, 4) is 0 Å². The summed E-state index contributed by atoms with van der Waals surface area (Å²) in [6.45, 7) is 18.8. The third kappa shape index (κ3) is 65.0. The lowest BCUT2D eigenvalue weighted by atomic mass is 9.89. The van der Waals surface area contributed by atoms with Gasteiger partial charge in [0.05, 0.1) is 20.0 Å². The highest BCUT2D eigenvalue weighted by Crippen LogP contribution is 2.37. The molecule has 10 aromatic rings. The Morgan fingerprint density at radius 2 is 0.736 bits per heavy atom. The average molecular weight is 2010 g/mol. The second-order valence-electron chi connectivity index (χ2n) is 25.0. The average Bonchev–Trinajstić information content (AvgIpc) is 1.80. The number of hydrogen-bond donors (Lipinski definition) is 0. The minimum Gasteiger partial charge on any atom is -0.314 e. The predicted molar refractivity (Wildman–Crippen MR) is 485 cm³/mol. The maximum Gasteiger partial charge on any atom is 0.295 e. The van der Waals surface area contributed by atoms with E-state index >= 15 is 0 Å². The molecule has 8 unspecified atom stereocenters. The number of thiophene rings is 2. The molecule has 0 radical (unpaired) electrons. The molecule has 10 rings (SSSR count). The highest BCUT2D eigenvalue weighted by Gasteiger charge is 2.32. The summed E-state index contributed by atoms with van der Waals surface area (Å²) in [5, 5.41) is 102. The van der Waals surface area contributed by atoms with E-state index in [0.29, 0.717) is 55.0 Å². The lowest BCUT2D eigenvalue weighted by Crippen LogP contribution is -2.20. The van der Waals surface area contributed by atoms with E-state index in [1.54, 1.807) is 105 Å². The quantitative estimate of drug-likeness (QED) is 0.0112. The van der Waals surface area contributed by atoms with Crippen molar-refractivity contribution in [2.45, 2.75) is 237 Å². The van der Waals surface area contributed by atoms with Gasteiger partial charge in [-0.15, -0.1) is 209 Å². The Morgan fingerprint density at radius 1 is 0.372 bits per heavy atom. The maximum atomic E-state index is 10.3. The molecule has 10 heterocycles. The van der Waals surface area contributed by atoms with E-state index in [2.05, 4.69) is 106 Å². The van der Waals surface area contributed by atoms with Crippen LogP contribution in [0.2, 0.25) is 0 Å². The molecule has 0 aliphatic heterocycles. The van der Waals surface area contributed by atoms with Crippen LogP contribution in [0.15, 0.2) is 138 Å². The first-order valence-corrected chi connectivity index (χ1v) is 45.9. The number of nitrogens with zero attached hydrogens (tertiary/aromatic N) is 18. The van der Waals surface area contributed by atoms with Crippen molar-refractivity contribution in [3.05, 3.63) is 268 Å². The second kappa shape index (κ2) is 75.7. The summed E-state index contributed by atoms with van der Waals surface area (Å²) in [5.41, 5.74) is -0.206. The fourth-order valence-corrected chi connectivity index (χ4v) is 15.7. The van der Waals surface area contributed by atoms with Gasteiger partial charge in [-0.25, -0.2) is 39.9 Å². The first-order chi connectivity index (χ1) is 60.2. The van der Waals surface area contributed by atoms with Crippen LogP contribution < -0.4 is 0 Å². The van der Waals surface area contributed by atoms with E-state index in [4.69, 9.17) is 9.78 Å². The topological polar surface area (TPSA) is 618 Å². The number of unbranched alkanes of at least 4 members (excludes halogenated alkanes) is 4. The SMILES string of the molecule is C.C.C.CC(C)(C)C(OON=O)c1nccs1.CC(Cc1nccs1)O[N+](=O)[O-].CC(O[N+](=O)[O-])c1cccs1.CC(O[N+](=O)[O-])c1nccs1.CC(O[N+](=O)[O-])c1nccs1.CCCCC(Cc1nccs1)O[N+](=O)[O-].CCCCC(Cc1nccs1)O[N+](=O)[O-].CCCCCC(OON=O)c1nccs1.O=[N+]([O-])OCCc1cccs1.O=[N+]([O-])OCCc1nccs1. The second-order valence-corrected chi connectivity index (χ2v) is 34.6. The molecular formula is C71H106N18O30S10. The molecular weight excluding hydrogens is 1910 g/mol. The van der Waals surface area contributed by atoms with Crippen molar-refractivity contribution < 1.29 is 99.1 Å². The molecule has 0 aliphatic rings. The third-order valence-corrected chi connectivity index (χ3v) is 23.0. The Labute approximate surface area is 781 Å². The van der Waals surface area contributed by atoms with Gasteiger partial charge in [0.15, 0.2) is 35.1 Å². The zero-order valence-corrected chi connectivity index (χ0v) is 77.4. The van der Waals surface area contributed by atoms with E-state index in [1.165, 1.54) is 102 Å². The molecule has 0 N–H and O–H groups in total. The summed E-state index contributed by atoms with van der Waals surface area (Å²) in [6.07, 6.45) is 21.9. The van der Waals surface area contributed by atoms with Crippen LogP contribution in [0.4, 0.5) is 0 Å². The van der Waals surface area contributed by atoms with E-state index in [9.17, 15) is 90.7 Å². The van der Waals surface area contributed by atoms with Gasteiger partial charge in [-0.1, -0.05) is 121 Å². The molecule has 0 saturated carbocycles. The molecule has 0 saturated heterocycles. The van der Waals surface area contributed by atoms with Crippen LogP contribution in [-0.2, 0) is 90.6 Å². The minimum absolute atomic E-state index is 0. The van der Waals surface area contributed by atoms with Gasteiger partial charge in [0.1, 0.15) is 57.7 Å². The zero-order chi connectivity index (χ0) is 93.7. The fourth-order valence-electron chi connectivity index (χ4n) is 8.79. The molecule has 720 valence electrons. The van der Waals surface area contributed by atoms with Crippen molar-refractivity contribution in [3.63, 3.8) is 0 Å². The van der Waals surface area contributed by atoms with E-state index in [1.807, 2.05) is 95.9 Å². The minimum atomic E-state index is -0.813. The van der Waals surface area contributed by atoms with Crippen LogP contribution >= 0.6 is 113 Å². The molecule has 48 nitrogen and oxygen atoms in total. The van der Waals surface area contributed by atoms with Crippen LogP contribution in [0, 0.1) is 96.1 Å². The number of thiazole rings is 8. The maximum absolute atomic E-state index is 10.3. The van der Waals surface area contributed by atoms with Crippen LogP contribution in [0.5, 0.6) is 0 Å². The van der Waals surface area contributed by atoms with Gasteiger partial charge >= 0.3 is 0 Å². The molecule has 8 atom stereocenters. The Hall–Kier alpha value is -11.2. The normalized spacial score (nSPS) is 11.7. The van der Waals surface area contributed by atoms with Crippen LogP contribution in [-0.4, -0.2) is 112 Å². The summed E-state index contributed by atoms with van der Waals surface area (Å²) in [6, 6.07) is 7.47. The fraction of sp³-hybridized carbons (Fsp3) is 0.549. The summed E-state index contributed by atoms with van der Waals surface area (Å²) >= 11 is 14.5. The Kier molecular flexibility index (Phi) is 71.5. The lowest BCUT2D eigenvalue weighted by molar-refractivity contribution is -0.770. The monoisotopic (exact) mass is 2010 g/mol. The van der Waals surface area contributed by atoms with Crippen molar-refractivity contribution in [1.29, 1.82) is 0 Å². The molecule has 129 heavy (non-hydrogen) atoms. The van der Waals surface area contributed by atoms with Crippen molar-refractivity contribution in [1.82, 2.24) is 39.9 Å². The first kappa shape index (κ1) is 122. The Bertz CT molecular complexity index is 4120. The smallest absolute Gasteiger partial charge is 0.295 e. The summed E-state index contributed by atoms with van der Waals surface area (Å²) in [4.78, 5) is 186. The van der Waals surface area contributed by atoms with Gasteiger partial charge in [-0.2, -0.15) is 14.9 Å². The molecule has 0 amide bonds. The molecule has 0 spiro atoms. The van der Waals surface area contributed by atoms with Gasteiger partial charge in [0.25, 0.3) is 40.7 Å². The van der Waals surface area contributed by atoms with Gasteiger partial charge in [-0.3, -0.25) is 0 Å². The number of hydrogen-bond acceptors (Lipinski definition) is 50.